The lowest BCUT2D eigenvalue weighted by atomic mass is 9.70. The summed E-state index contributed by atoms with van der Waals surface area (Å²) < 4.78 is 20.9. The Morgan fingerprint density at radius 2 is 2.03 bits per heavy atom. The molecule has 1 aromatic heterocycles. The van der Waals surface area contributed by atoms with Gasteiger partial charge in [-0.1, -0.05) is 25.1 Å². The van der Waals surface area contributed by atoms with Crippen LogP contribution in [0.15, 0.2) is 54.7 Å². The summed E-state index contributed by atoms with van der Waals surface area (Å²) in [7, 11) is 1.65. The van der Waals surface area contributed by atoms with Crippen LogP contribution in [0.1, 0.15) is 43.4 Å². The maximum absolute atomic E-state index is 14.7. The molecule has 0 spiro atoms. The van der Waals surface area contributed by atoms with Crippen molar-refractivity contribution in [1.29, 1.82) is 0 Å². The molecule has 2 aromatic carbocycles. The van der Waals surface area contributed by atoms with E-state index in [1.807, 2.05) is 36.4 Å². The molecule has 3 aliphatic rings. The van der Waals surface area contributed by atoms with Crippen molar-refractivity contribution in [3.05, 3.63) is 71.7 Å². The Hall–Kier alpha value is -2.02. The van der Waals surface area contributed by atoms with Crippen LogP contribution in [0, 0.1) is 17.7 Å². The van der Waals surface area contributed by atoms with Gasteiger partial charge in [-0.2, -0.15) is 0 Å². The molecule has 33 heavy (non-hydrogen) atoms. The van der Waals surface area contributed by atoms with Gasteiger partial charge in [-0.05, 0) is 48.2 Å². The first-order valence-corrected chi connectivity index (χ1v) is 11.7. The van der Waals surface area contributed by atoms with Crippen molar-refractivity contribution in [2.24, 2.45) is 11.8 Å². The highest BCUT2D eigenvalue weighted by atomic mass is 79.9. The van der Waals surface area contributed by atoms with Gasteiger partial charge < -0.3 is 31.3 Å². The topological polar surface area (TPSA) is 42.4 Å². The van der Waals surface area contributed by atoms with E-state index < -0.39 is 6.10 Å². The number of aliphatic hydroxyl groups excluding tert-OH is 1. The number of ether oxygens (including phenoxy) is 1. The third-order valence-corrected chi connectivity index (χ3v) is 8.09. The van der Waals surface area contributed by atoms with Gasteiger partial charge in [-0.3, -0.25) is 4.98 Å². The van der Waals surface area contributed by atoms with Crippen LogP contribution in [0.2, 0.25) is 0 Å². The summed E-state index contributed by atoms with van der Waals surface area (Å²) in [5.41, 5.74) is 2.50. The summed E-state index contributed by atoms with van der Waals surface area (Å²) in [5, 5.41) is 12.8. The third kappa shape index (κ3) is 4.29. The molecule has 6 rings (SSSR count). The number of fused-ring (bicyclic) bond motifs is 4. The molecule has 0 radical (unpaired) electrons. The summed E-state index contributed by atoms with van der Waals surface area (Å²) in [5.74, 6) is 1.87. The van der Waals surface area contributed by atoms with Crippen molar-refractivity contribution in [1.82, 2.24) is 4.98 Å². The van der Waals surface area contributed by atoms with Crippen LogP contribution in [-0.4, -0.2) is 40.8 Å². The summed E-state index contributed by atoms with van der Waals surface area (Å²) in [6.07, 6.45) is 4.41. The zero-order valence-electron chi connectivity index (χ0n) is 19.3. The number of hydrogen-bond donors (Lipinski definition) is 1. The second-order valence-corrected chi connectivity index (χ2v) is 9.62. The van der Waals surface area contributed by atoms with Gasteiger partial charge in [0.1, 0.15) is 30.3 Å². The van der Waals surface area contributed by atoms with Crippen LogP contribution in [-0.2, 0) is 6.54 Å². The molecule has 1 N–H and O–H groups in total. The fourth-order valence-corrected chi connectivity index (χ4v) is 6.37. The number of rotatable bonds is 6. The molecule has 6 heteroatoms. The molecule has 4 heterocycles. The predicted octanol–water partition coefficient (Wildman–Crippen LogP) is 2.26. The summed E-state index contributed by atoms with van der Waals surface area (Å²) in [6, 6.07) is 14.9. The van der Waals surface area contributed by atoms with Crippen LogP contribution < -0.4 is 21.7 Å². The molecule has 5 atom stereocenters. The van der Waals surface area contributed by atoms with E-state index in [-0.39, 0.29) is 28.8 Å². The SMILES string of the molecule is CCC1C[N+]2(Cc3ccccc3F)CCC1CC2[C@H](O)c1ccnc2ccc(OC)cc12.[Br-]. The minimum absolute atomic E-state index is 0. The van der Waals surface area contributed by atoms with Crippen LogP contribution >= 0.6 is 0 Å². The highest BCUT2D eigenvalue weighted by Crippen LogP contribution is 2.48. The number of quaternary nitrogens is 1. The Morgan fingerprint density at radius 1 is 1.21 bits per heavy atom. The Kier molecular flexibility index (Phi) is 7.08. The molecule has 3 aromatic rings. The normalized spacial score (nSPS) is 27.2. The smallest absolute Gasteiger partial charge is 0.132 e. The molecule has 3 fully saturated rings. The third-order valence-electron chi connectivity index (χ3n) is 8.09. The van der Waals surface area contributed by atoms with E-state index in [1.165, 1.54) is 0 Å². The molecule has 0 aliphatic carbocycles. The van der Waals surface area contributed by atoms with E-state index in [9.17, 15) is 9.50 Å². The second kappa shape index (κ2) is 9.69. The lowest BCUT2D eigenvalue weighted by Crippen LogP contribution is -3.00. The Labute approximate surface area is 205 Å². The standard InChI is InChI=1S/C27H32FN2O2.BrH/c1-3-18-16-30(17-20-6-4-5-7-24(20)28)13-11-19(18)14-26(30)27(31)22-10-12-29-25-9-8-21(32-2)15-23(22)25;/h4-10,12,15,18-19,26-27,31H,3,11,13-14,16-17H2,1-2H3;1H/q+1;/p-1/t18?,19?,26?,27-,30?;/m1./s1. The quantitative estimate of drug-likeness (QED) is 0.513. The molecular formula is C27H32BrFN2O2. The van der Waals surface area contributed by atoms with Gasteiger partial charge in [-0.25, -0.2) is 4.39 Å². The highest BCUT2D eigenvalue weighted by molar-refractivity contribution is 5.83. The maximum Gasteiger partial charge on any atom is 0.132 e. The first kappa shape index (κ1) is 24.1. The molecule has 4 unspecified atom stereocenters. The van der Waals surface area contributed by atoms with Crippen molar-refractivity contribution in [3.63, 3.8) is 0 Å². The van der Waals surface area contributed by atoms with Crippen molar-refractivity contribution in [2.45, 2.75) is 44.9 Å². The minimum Gasteiger partial charge on any atom is -1.00 e. The van der Waals surface area contributed by atoms with Gasteiger partial charge in [0.05, 0.1) is 25.7 Å². The predicted molar refractivity (Wildman–Crippen MR) is 124 cm³/mol. The number of hydrogen-bond acceptors (Lipinski definition) is 3. The lowest BCUT2D eigenvalue weighted by Gasteiger charge is -2.58. The fourth-order valence-electron chi connectivity index (χ4n) is 6.37. The Bertz CT molecular complexity index is 1130. The van der Waals surface area contributed by atoms with E-state index in [0.717, 1.165) is 64.6 Å². The number of halogens is 2. The second-order valence-electron chi connectivity index (χ2n) is 9.62. The summed E-state index contributed by atoms with van der Waals surface area (Å²) >= 11 is 0. The van der Waals surface area contributed by atoms with Crippen LogP contribution in [0.4, 0.5) is 4.39 Å². The molecule has 2 bridgehead atoms. The maximum atomic E-state index is 14.7. The number of aromatic nitrogens is 1. The van der Waals surface area contributed by atoms with Gasteiger partial charge >= 0.3 is 0 Å². The van der Waals surface area contributed by atoms with Gasteiger partial charge in [0.25, 0.3) is 0 Å². The number of piperidine rings is 3. The van der Waals surface area contributed by atoms with Crippen LogP contribution in [0.5, 0.6) is 5.75 Å². The van der Waals surface area contributed by atoms with Gasteiger partial charge in [0, 0.05) is 35.9 Å². The zero-order chi connectivity index (χ0) is 22.3. The summed E-state index contributed by atoms with van der Waals surface area (Å²) in [4.78, 5) is 4.49. The molecule has 4 nitrogen and oxygen atoms in total. The number of methoxy groups -OCH3 is 1. The molecule has 0 saturated carbocycles. The molecule has 0 amide bonds. The van der Waals surface area contributed by atoms with Crippen LogP contribution in [0.3, 0.4) is 0 Å². The fraction of sp³-hybridized carbons (Fsp3) is 0.444. The summed E-state index contributed by atoms with van der Waals surface area (Å²) in [6.45, 7) is 4.89. The van der Waals surface area contributed by atoms with Gasteiger partial charge in [-0.15, -0.1) is 0 Å². The van der Waals surface area contributed by atoms with E-state index in [0.29, 0.717) is 18.4 Å². The van der Waals surface area contributed by atoms with E-state index >= 15 is 0 Å². The molecule has 176 valence electrons. The van der Waals surface area contributed by atoms with Crippen LogP contribution in [0.25, 0.3) is 10.9 Å². The Morgan fingerprint density at radius 3 is 2.79 bits per heavy atom. The number of aliphatic hydroxyl groups is 1. The first-order chi connectivity index (χ1) is 15.5. The largest absolute Gasteiger partial charge is 1.00 e. The average Bonchev–Trinajstić information content (AvgIpc) is 2.84. The van der Waals surface area contributed by atoms with Crippen molar-refractivity contribution < 1.29 is 35.7 Å². The molecule has 3 saturated heterocycles. The zero-order valence-corrected chi connectivity index (χ0v) is 20.8. The molecular weight excluding hydrogens is 483 g/mol. The van der Waals surface area contributed by atoms with Crippen molar-refractivity contribution >= 4 is 10.9 Å². The number of pyridine rings is 1. The number of benzene rings is 2. The van der Waals surface area contributed by atoms with Crippen molar-refractivity contribution in [3.8, 4) is 5.75 Å². The number of nitrogens with zero attached hydrogens (tertiary/aromatic N) is 2. The first-order valence-electron chi connectivity index (χ1n) is 11.7. The average molecular weight is 515 g/mol. The Balaban J connectivity index is 0.00000259. The van der Waals surface area contributed by atoms with E-state index in [2.05, 4.69) is 11.9 Å². The van der Waals surface area contributed by atoms with Gasteiger partial charge in [0.2, 0.25) is 0 Å². The van der Waals surface area contributed by atoms with E-state index in [1.54, 1.807) is 25.4 Å². The minimum atomic E-state index is -0.639. The van der Waals surface area contributed by atoms with Gasteiger partial charge in [0.15, 0.2) is 0 Å². The van der Waals surface area contributed by atoms with E-state index in [4.69, 9.17) is 4.74 Å². The highest BCUT2D eigenvalue weighted by Gasteiger charge is 2.54. The monoisotopic (exact) mass is 514 g/mol. The lowest BCUT2D eigenvalue weighted by molar-refractivity contribution is -0.986. The van der Waals surface area contributed by atoms with Crippen molar-refractivity contribution in [2.75, 3.05) is 20.2 Å². The molecule has 3 aliphatic heterocycles.